The van der Waals surface area contributed by atoms with Gasteiger partial charge in [-0.1, -0.05) is 18.2 Å². The van der Waals surface area contributed by atoms with Gasteiger partial charge in [0.2, 0.25) is 15.5 Å². The maximum Gasteiger partial charge on any atom is 0.260 e. The van der Waals surface area contributed by atoms with E-state index in [-0.39, 0.29) is 28.0 Å². The molecule has 1 amide bonds. The zero-order valence-corrected chi connectivity index (χ0v) is 16.2. The average molecular weight is 402 g/mol. The minimum Gasteiger partial charge on any atom is -0.463 e. The summed E-state index contributed by atoms with van der Waals surface area (Å²) in [6, 6.07) is 11.4. The number of carbonyl (C=O) groups is 1. The zero-order chi connectivity index (χ0) is 20.5. The number of carbonyl (C=O) groups excluding carboxylic acids is 1. The van der Waals surface area contributed by atoms with Crippen molar-refractivity contribution in [1.82, 2.24) is 4.90 Å². The second-order valence-electron chi connectivity index (χ2n) is 6.31. The normalized spacial score (nSPS) is 11.2. The molecule has 28 heavy (non-hydrogen) atoms. The fourth-order valence-corrected chi connectivity index (χ4v) is 3.08. The third-order valence-corrected chi connectivity index (χ3v) is 4.37. The summed E-state index contributed by atoms with van der Waals surface area (Å²) in [5.41, 5.74) is -0.448. The Morgan fingerprint density at radius 3 is 2.43 bits per heavy atom. The second-order valence-corrected chi connectivity index (χ2v) is 8.06. The molecule has 0 aliphatic heterocycles. The number of nitrogens with one attached hydrogen (secondary N) is 1. The molecule has 0 unspecified atom stereocenters. The van der Waals surface area contributed by atoms with Gasteiger partial charge in [-0.15, -0.1) is 0 Å². The molecule has 1 aromatic heterocycles. The molecule has 2 aromatic carbocycles. The van der Waals surface area contributed by atoms with E-state index in [0.717, 1.165) is 12.5 Å². The molecule has 9 heteroatoms. The Morgan fingerprint density at radius 2 is 1.82 bits per heavy atom. The molecule has 0 aliphatic rings. The van der Waals surface area contributed by atoms with Crippen LogP contribution in [-0.2, 0) is 10.0 Å². The first-order chi connectivity index (χ1) is 13.2. The van der Waals surface area contributed by atoms with E-state index in [1.165, 1.54) is 31.1 Å². The largest absolute Gasteiger partial charge is 0.463 e. The highest BCUT2D eigenvalue weighted by molar-refractivity contribution is 7.92. The van der Waals surface area contributed by atoms with Gasteiger partial charge in [-0.3, -0.25) is 14.3 Å². The van der Waals surface area contributed by atoms with Gasteiger partial charge in [0.25, 0.3) is 5.91 Å². The van der Waals surface area contributed by atoms with Gasteiger partial charge in [0.1, 0.15) is 23.2 Å². The number of hydrogen-bond donors (Lipinski definition) is 1. The number of para-hydroxylation sites is 1. The van der Waals surface area contributed by atoms with Crippen LogP contribution in [0.2, 0.25) is 0 Å². The summed E-state index contributed by atoms with van der Waals surface area (Å²) in [5, 5.41) is 0.0951. The van der Waals surface area contributed by atoms with Gasteiger partial charge in [0.05, 0.1) is 17.3 Å². The quantitative estimate of drug-likeness (QED) is 0.703. The smallest absolute Gasteiger partial charge is 0.260 e. The number of ether oxygens (including phenoxy) is 1. The fraction of sp³-hybridized carbons (Fsp3) is 0.158. The molecule has 0 fully saturated rings. The van der Waals surface area contributed by atoms with Crippen molar-refractivity contribution in [2.45, 2.75) is 0 Å². The highest BCUT2D eigenvalue weighted by atomic mass is 32.2. The summed E-state index contributed by atoms with van der Waals surface area (Å²) in [6.07, 6.45) is 2.06. The standard InChI is InChI=1S/C19H18N2O6S/c1-21(2)19(23)14-11-26-16-10-15(20-28(3,24)25)17(9-13(16)18(14)22)27-12-7-5-4-6-8-12/h4-11,20H,1-3H3. The molecule has 8 nitrogen and oxygen atoms in total. The Bertz CT molecular complexity index is 1200. The minimum atomic E-state index is -3.61. The molecule has 1 N–H and O–H groups in total. The summed E-state index contributed by atoms with van der Waals surface area (Å²) in [7, 11) is -0.568. The van der Waals surface area contributed by atoms with Gasteiger partial charge in [-0.25, -0.2) is 8.42 Å². The van der Waals surface area contributed by atoms with Crippen LogP contribution in [-0.4, -0.2) is 39.6 Å². The van der Waals surface area contributed by atoms with Crippen LogP contribution in [0.25, 0.3) is 11.0 Å². The van der Waals surface area contributed by atoms with Crippen LogP contribution in [0.3, 0.4) is 0 Å². The van der Waals surface area contributed by atoms with Crippen LogP contribution in [0.4, 0.5) is 5.69 Å². The highest BCUT2D eigenvalue weighted by Gasteiger charge is 2.19. The van der Waals surface area contributed by atoms with E-state index in [0.29, 0.717) is 5.75 Å². The Balaban J connectivity index is 2.21. The molecule has 1 heterocycles. The van der Waals surface area contributed by atoms with Crippen LogP contribution in [0.1, 0.15) is 10.4 Å². The Kier molecular flexibility index (Phi) is 5.10. The first kappa shape index (κ1) is 19.4. The highest BCUT2D eigenvalue weighted by Crippen LogP contribution is 2.33. The van der Waals surface area contributed by atoms with Gasteiger partial charge in [0, 0.05) is 20.2 Å². The minimum absolute atomic E-state index is 0.0951. The van der Waals surface area contributed by atoms with Crippen molar-refractivity contribution >= 4 is 32.6 Å². The van der Waals surface area contributed by atoms with Crippen molar-refractivity contribution in [3.05, 3.63) is 64.5 Å². The van der Waals surface area contributed by atoms with Gasteiger partial charge in [0.15, 0.2) is 5.75 Å². The third-order valence-electron chi connectivity index (χ3n) is 3.78. The molecular weight excluding hydrogens is 384 g/mol. The lowest BCUT2D eigenvalue weighted by Gasteiger charge is -2.14. The first-order valence-corrected chi connectivity index (χ1v) is 10.1. The number of nitrogens with zero attached hydrogens (tertiary/aromatic N) is 1. The molecule has 3 aromatic rings. The zero-order valence-electron chi connectivity index (χ0n) is 15.4. The Labute approximate surface area is 161 Å². The summed E-state index contributed by atoms with van der Waals surface area (Å²) in [6.45, 7) is 0. The number of amides is 1. The van der Waals surface area contributed by atoms with Crippen LogP contribution >= 0.6 is 0 Å². The van der Waals surface area contributed by atoms with Crippen molar-refractivity contribution in [1.29, 1.82) is 0 Å². The van der Waals surface area contributed by atoms with Gasteiger partial charge in [-0.2, -0.15) is 0 Å². The average Bonchev–Trinajstić information content (AvgIpc) is 2.62. The van der Waals surface area contributed by atoms with E-state index in [1.807, 2.05) is 0 Å². The SMILES string of the molecule is CN(C)C(=O)c1coc2cc(NS(C)(=O)=O)c(Oc3ccccc3)cc2c1=O. The molecule has 0 saturated carbocycles. The lowest BCUT2D eigenvalue weighted by atomic mass is 10.1. The van der Waals surface area contributed by atoms with Crippen molar-refractivity contribution in [2.24, 2.45) is 0 Å². The van der Waals surface area contributed by atoms with Gasteiger partial charge < -0.3 is 14.1 Å². The van der Waals surface area contributed by atoms with E-state index in [9.17, 15) is 18.0 Å². The number of hydrogen-bond acceptors (Lipinski definition) is 6. The fourth-order valence-electron chi connectivity index (χ4n) is 2.52. The number of rotatable bonds is 5. The second kappa shape index (κ2) is 7.35. The molecule has 0 atom stereocenters. The summed E-state index contributed by atoms with van der Waals surface area (Å²) in [4.78, 5) is 26.2. The van der Waals surface area contributed by atoms with E-state index < -0.39 is 21.4 Å². The van der Waals surface area contributed by atoms with Crippen molar-refractivity contribution in [2.75, 3.05) is 25.1 Å². The van der Waals surface area contributed by atoms with Crippen molar-refractivity contribution < 1.29 is 22.4 Å². The molecule has 0 aliphatic carbocycles. The lowest BCUT2D eigenvalue weighted by molar-refractivity contribution is 0.0824. The van der Waals surface area contributed by atoms with Crippen LogP contribution in [0.5, 0.6) is 11.5 Å². The molecule has 3 rings (SSSR count). The van der Waals surface area contributed by atoms with Crippen LogP contribution in [0.15, 0.2) is 57.9 Å². The number of anilines is 1. The molecular formula is C19H18N2O6S. The molecule has 146 valence electrons. The summed E-state index contributed by atoms with van der Waals surface area (Å²) < 4.78 is 37.0. The maximum absolute atomic E-state index is 12.8. The lowest BCUT2D eigenvalue weighted by Crippen LogP contribution is -2.27. The van der Waals surface area contributed by atoms with E-state index in [2.05, 4.69) is 4.72 Å². The number of benzene rings is 2. The van der Waals surface area contributed by atoms with E-state index in [4.69, 9.17) is 9.15 Å². The predicted octanol–water partition coefficient (Wildman–Crippen LogP) is 2.66. The van der Waals surface area contributed by atoms with Crippen molar-refractivity contribution in [3.63, 3.8) is 0 Å². The monoisotopic (exact) mass is 402 g/mol. The predicted molar refractivity (Wildman–Crippen MR) is 105 cm³/mol. The number of fused-ring (bicyclic) bond motifs is 1. The molecule has 0 radical (unpaired) electrons. The summed E-state index contributed by atoms with van der Waals surface area (Å²) >= 11 is 0. The molecule has 0 spiro atoms. The van der Waals surface area contributed by atoms with Crippen LogP contribution < -0.4 is 14.9 Å². The maximum atomic E-state index is 12.8. The first-order valence-electron chi connectivity index (χ1n) is 8.17. The Morgan fingerprint density at radius 1 is 1.14 bits per heavy atom. The number of sulfonamides is 1. The molecule has 0 saturated heterocycles. The molecule has 0 bridgehead atoms. The summed E-state index contributed by atoms with van der Waals surface area (Å²) in [5.74, 6) is 0.0497. The van der Waals surface area contributed by atoms with E-state index >= 15 is 0 Å². The third kappa shape index (κ3) is 4.15. The van der Waals surface area contributed by atoms with Crippen LogP contribution in [0, 0.1) is 0 Å². The van der Waals surface area contributed by atoms with Gasteiger partial charge >= 0.3 is 0 Å². The topological polar surface area (TPSA) is 106 Å². The van der Waals surface area contributed by atoms with Gasteiger partial charge in [-0.05, 0) is 18.2 Å². The van der Waals surface area contributed by atoms with E-state index in [1.54, 1.807) is 30.3 Å². The Hall–Kier alpha value is -3.33. The van der Waals surface area contributed by atoms with Crippen molar-refractivity contribution in [3.8, 4) is 11.5 Å².